The summed E-state index contributed by atoms with van der Waals surface area (Å²) in [7, 11) is -3.53. The topological polar surface area (TPSA) is 83.6 Å². The highest BCUT2D eigenvalue weighted by Gasteiger charge is 2.30. The van der Waals surface area contributed by atoms with Crippen molar-refractivity contribution in [3.63, 3.8) is 0 Å². The Labute approximate surface area is 130 Å². The molecule has 0 spiro atoms. The largest absolute Gasteiger partial charge is 0.396 e. The SMILES string of the molecule is NCc1ccc(S(=O)(=O)N2CCCC(CCO)C2)cc1Cl. The van der Waals surface area contributed by atoms with Crippen LogP contribution in [0.1, 0.15) is 24.8 Å². The monoisotopic (exact) mass is 332 g/mol. The molecular formula is C14H21ClN2O3S. The highest BCUT2D eigenvalue weighted by molar-refractivity contribution is 7.89. The molecule has 21 heavy (non-hydrogen) atoms. The second-order valence-corrected chi connectivity index (χ2v) is 7.69. The third-order valence-corrected chi connectivity index (χ3v) is 6.11. The van der Waals surface area contributed by atoms with Crippen molar-refractivity contribution in [2.24, 2.45) is 11.7 Å². The van der Waals surface area contributed by atoms with Gasteiger partial charge in [-0.05, 0) is 42.9 Å². The van der Waals surface area contributed by atoms with Crippen molar-refractivity contribution in [1.82, 2.24) is 4.31 Å². The first-order valence-corrected chi connectivity index (χ1v) is 8.90. The van der Waals surface area contributed by atoms with Crippen LogP contribution >= 0.6 is 11.6 Å². The zero-order valence-electron chi connectivity index (χ0n) is 11.8. The second kappa shape index (κ2) is 7.07. The van der Waals surface area contributed by atoms with Crippen LogP contribution in [0.25, 0.3) is 0 Å². The third kappa shape index (κ3) is 3.76. The van der Waals surface area contributed by atoms with Crippen molar-refractivity contribution in [2.75, 3.05) is 19.7 Å². The highest BCUT2D eigenvalue weighted by Crippen LogP contribution is 2.27. The van der Waals surface area contributed by atoms with E-state index in [9.17, 15) is 8.42 Å². The average Bonchev–Trinajstić information content (AvgIpc) is 2.48. The molecule has 2 rings (SSSR count). The fourth-order valence-corrected chi connectivity index (χ4v) is 4.57. The predicted octanol–water partition coefficient (Wildman–Crippen LogP) is 1.58. The number of piperidine rings is 1. The van der Waals surface area contributed by atoms with Gasteiger partial charge >= 0.3 is 0 Å². The lowest BCUT2D eigenvalue weighted by Crippen LogP contribution is -2.40. The summed E-state index contributed by atoms with van der Waals surface area (Å²) in [5, 5.41) is 9.40. The standard InChI is InChI=1S/C14H21ClN2O3S/c15-14-8-13(4-3-12(14)9-16)21(19,20)17-6-1-2-11(10-17)5-7-18/h3-4,8,11,18H,1-2,5-7,9-10,16H2. The van der Waals surface area contributed by atoms with Crippen molar-refractivity contribution in [1.29, 1.82) is 0 Å². The Kier molecular flexibility index (Phi) is 5.62. The Morgan fingerprint density at radius 1 is 1.43 bits per heavy atom. The van der Waals surface area contributed by atoms with Gasteiger partial charge in [-0.15, -0.1) is 0 Å². The van der Waals surface area contributed by atoms with Gasteiger partial charge in [0.05, 0.1) is 4.90 Å². The summed E-state index contributed by atoms with van der Waals surface area (Å²) in [5.41, 5.74) is 6.27. The predicted molar refractivity (Wildman–Crippen MR) is 82.5 cm³/mol. The number of aliphatic hydroxyl groups excluding tert-OH is 1. The molecular weight excluding hydrogens is 312 g/mol. The van der Waals surface area contributed by atoms with Gasteiger partial charge in [0.2, 0.25) is 10.0 Å². The average molecular weight is 333 g/mol. The van der Waals surface area contributed by atoms with Crippen LogP contribution in [0.3, 0.4) is 0 Å². The van der Waals surface area contributed by atoms with Crippen molar-refractivity contribution in [3.8, 4) is 0 Å². The van der Waals surface area contributed by atoms with E-state index in [1.165, 1.54) is 10.4 Å². The molecule has 1 aliphatic heterocycles. The summed E-state index contributed by atoms with van der Waals surface area (Å²) in [4.78, 5) is 0.203. The Morgan fingerprint density at radius 3 is 2.81 bits per heavy atom. The summed E-state index contributed by atoms with van der Waals surface area (Å²) in [5.74, 6) is 0.220. The molecule has 118 valence electrons. The Bertz CT molecular complexity index is 590. The second-order valence-electron chi connectivity index (χ2n) is 5.34. The number of halogens is 1. The molecule has 1 aromatic carbocycles. The van der Waals surface area contributed by atoms with Gasteiger partial charge < -0.3 is 10.8 Å². The van der Waals surface area contributed by atoms with Gasteiger partial charge in [0.1, 0.15) is 0 Å². The van der Waals surface area contributed by atoms with Crippen molar-refractivity contribution >= 4 is 21.6 Å². The van der Waals surface area contributed by atoms with Crippen LogP contribution in [0.2, 0.25) is 5.02 Å². The molecule has 0 amide bonds. The van der Waals surface area contributed by atoms with E-state index in [1.807, 2.05) is 0 Å². The molecule has 1 saturated heterocycles. The summed E-state index contributed by atoms with van der Waals surface area (Å²) < 4.78 is 26.8. The fourth-order valence-electron chi connectivity index (χ4n) is 2.67. The van der Waals surface area contributed by atoms with E-state index in [0.717, 1.165) is 18.4 Å². The molecule has 0 aromatic heterocycles. The molecule has 0 aliphatic carbocycles. The van der Waals surface area contributed by atoms with Crippen molar-refractivity contribution < 1.29 is 13.5 Å². The van der Waals surface area contributed by atoms with Gasteiger partial charge in [-0.25, -0.2) is 8.42 Å². The number of hydrogen-bond donors (Lipinski definition) is 2. The quantitative estimate of drug-likeness (QED) is 0.857. The molecule has 1 unspecified atom stereocenters. The van der Waals surface area contributed by atoms with Crippen LogP contribution in [0.15, 0.2) is 23.1 Å². The lowest BCUT2D eigenvalue weighted by atomic mass is 9.97. The molecule has 1 fully saturated rings. The molecule has 1 atom stereocenters. The Hall–Kier alpha value is -0.660. The smallest absolute Gasteiger partial charge is 0.243 e. The van der Waals surface area contributed by atoms with Crippen LogP contribution in [0.5, 0.6) is 0 Å². The first-order chi connectivity index (χ1) is 9.98. The van der Waals surface area contributed by atoms with Gasteiger partial charge in [-0.3, -0.25) is 0 Å². The molecule has 3 N–H and O–H groups in total. The van der Waals surface area contributed by atoms with Gasteiger partial charge in [0.15, 0.2) is 0 Å². The van der Waals surface area contributed by atoms with Crippen molar-refractivity contribution in [2.45, 2.75) is 30.7 Å². The lowest BCUT2D eigenvalue weighted by molar-refractivity contribution is 0.203. The Morgan fingerprint density at radius 2 is 2.19 bits per heavy atom. The van der Waals surface area contributed by atoms with E-state index < -0.39 is 10.0 Å². The summed E-state index contributed by atoms with van der Waals surface area (Å²) in [6, 6.07) is 4.68. The number of nitrogens with two attached hydrogens (primary N) is 1. The first-order valence-electron chi connectivity index (χ1n) is 7.08. The minimum Gasteiger partial charge on any atom is -0.396 e. The maximum Gasteiger partial charge on any atom is 0.243 e. The molecule has 0 radical (unpaired) electrons. The van der Waals surface area contributed by atoms with Crippen LogP contribution in [0.4, 0.5) is 0 Å². The number of rotatable bonds is 5. The lowest BCUT2D eigenvalue weighted by Gasteiger charge is -2.31. The summed E-state index contributed by atoms with van der Waals surface area (Å²) >= 11 is 6.06. The zero-order valence-corrected chi connectivity index (χ0v) is 13.4. The fraction of sp³-hybridized carbons (Fsp3) is 0.571. The van der Waals surface area contributed by atoms with E-state index in [2.05, 4.69) is 0 Å². The molecule has 0 bridgehead atoms. The van der Waals surface area contributed by atoms with Crippen LogP contribution < -0.4 is 5.73 Å². The van der Waals surface area contributed by atoms with Crippen LogP contribution in [0, 0.1) is 5.92 Å². The van der Waals surface area contributed by atoms with Gasteiger partial charge in [-0.2, -0.15) is 4.31 Å². The number of hydrogen-bond acceptors (Lipinski definition) is 4. The van der Waals surface area contributed by atoms with E-state index in [1.54, 1.807) is 12.1 Å². The molecule has 0 saturated carbocycles. The van der Waals surface area contributed by atoms with Gasteiger partial charge in [0.25, 0.3) is 0 Å². The number of sulfonamides is 1. The van der Waals surface area contributed by atoms with E-state index in [0.29, 0.717) is 24.5 Å². The molecule has 1 aromatic rings. The molecule has 1 aliphatic rings. The minimum atomic E-state index is -3.53. The van der Waals surface area contributed by atoms with Crippen LogP contribution in [-0.2, 0) is 16.6 Å². The number of benzene rings is 1. The number of aliphatic hydroxyl groups is 1. The van der Waals surface area contributed by atoms with Crippen molar-refractivity contribution in [3.05, 3.63) is 28.8 Å². The molecule has 1 heterocycles. The van der Waals surface area contributed by atoms with E-state index in [4.69, 9.17) is 22.4 Å². The first kappa shape index (κ1) is 16.7. The molecule has 5 nitrogen and oxygen atoms in total. The van der Waals surface area contributed by atoms with Crippen LogP contribution in [-0.4, -0.2) is 37.5 Å². The highest BCUT2D eigenvalue weighted by atomic mass is 35.5. The maximum absolute atomic E-state index is 12.7. The summed E-state index contributed by atoms with van der Waals surface area (Å²) in [6.45, 7) is 1.34. The Balaban J connectivity index is 2.23. The number of nitrogens with zero attached hydrogens (tertiary/aromatic N) is 1. The van der Waals surface area contributed by atoms with E-state index >= 15 is 0 Å². The molecule has 7 heteroatoms. The third-order valence-electron chi connectivity index (χ3n) is 3.90. The zero-order chi connectivity index (χ0) is 15.5. The van der Waals surface area contributed by atoms with Gasteiger partial charge in [-0.1, -0.05) is 17.7 Å². The van der Waals surface area contributed by atoms with E-state index in [-0.39, 0.29) is 24.0 Å². The van der Waals surface area contributed by atoms with Gasteiger partial charge in [0, 0.05) is 31.3 Å². The minimum absolute atomic E-state index is 0.0928. The normalized spacial score (nSPS) is 20.6. The maximum atomic E-state index is 12.7. The summed E-state index contributed by atoms with van der Waals surface area (Å²) in [6.07, 6.45) is 2.41.